The Kier molecular flexibility index (Phi) is 4.53. The molecule has 0 saturated carbocycles. The summed E-state index contributed by atoms with van der Waals surface area (Å²) in [6.45, 7) is 2.04. The summed E-state index contributed by atoms with van der Waals surface area (Å²) in [7, 11) is 0. The summed E-state index contributed by atoms with van der Waals surface area (Å²) in [5.41, 5.74) is 2.98. The second-order valence-electron chi connectivity index (χ2n) is 4.24. The Morgan fingerprint density at radius 2 is 1.89 bits per heavy atom. The zero-order valence-electron chi connectivity index (χ0n) is 10.6. The molecule has 0 fully saturated rings. The van der Waals surface area contributed by atoms with Crippen LogP contribution in [0.15, 0.2) is 59.1 Å². The average Bonchev–Trinajstić information content (AvgIpc) is 2.38. The van der Waals surface area contributed by atoms with Crippen LogP contribution in [-0.2, 0) is 4.79 Å². The average molecular weight is 316 g/mol. The normalized spacial score (nSPS) is 10.6. The highest BCUT2D eigenvalue weighted by molar-refractivity contribution is 9.10. The van der Waals surface area contributed by atoms with E-state index >= 15 is 0 Å². The number of halogens is 1. The predicted octanol–water partition coefficient (Wildman–Crippen LogP) is 4.41. The Morgan fingerprint density at radius 1 is 1.16 bits per heavy atom. The van der Waals surface area contributed by atoms with Gasteiger partial charge in [0.05, 0.1) is 0 Å². The smallest absolute Gasteiger partial charge is 0.248 e. The van der Waals surface area contributed by atoms with Gasteiger partial charge in [-0.1, -0.05) is 51.8 Å². The minimum absolute atomic E-state index is 0.140. The standard InChI is InChI=1S/C16H14BrNO/c1-12-5-7-13(8-6-12)9-10-16(19)18-15-4-2-3-14(17)11-15/h2-11H,1H3,(H,18,19). The summed E-state index contributed by atoms with van der Waals surface area (Å²) in [6, 6.07) is 15.5. The number of amides is 1. The number of benzene rings is 2. The lowest BCUT2D eigenvalue weighted by Gasteiger charge is -2.02. The second-order valence-corrected chi connectivity index (χ2v) is 5.16. The monoisotopic (exact) mass is 315 g/mol. The topological polar surface area (TPSA) is 29.1 Å². The van der Waals surface area contributed by atoms with Crippen molar-refractivity contribution in [2.45, 2.75) is 6.92 Å². The predicted molar refractivity (Wildman–Crippen MR) is 83.0 cm³/mol. The van der Waals surface area contributed by atoms with Crippen LogP contribution < -0.4 is 5.32 Å². The van der Waals surface area contributed by atoms with Crippen LogP contribution in [0.3, 0.4) is 0 Å². The molecule has 0 saturated heterocycles. The number of aryl methyl sites for hydroxylation is 1. The van der Waals surface area contributed by atoms with E-state index in [2.05, 4.69) is 21.2 Å². The van der Waals surface area contributed by atoms with Crippen molar-refractivity contribution in [3.8, 4) is 0 Å². The number of hydrogen-bond donors (Lipinski definition) is 1. The van der Waals surface area contributed by atoms with Gasteiger partial charge in [0.25, 0.3) is 0 Å². The van der Waals surface area contributed by atoms with E-state index in [1.807, 2.05) is 55.5 Å². The zero-order chi connectivity index (χ0) is 13.7. The van der Waals surface area contributed by atoms with E-state index in [9.17, 15) is 4.79 Å². The second kappa shape index (κ2) is 6.34. The number of carbonyl (C=O) groups is 1. The van der Waals surface area contributed by atoms with Crippen LogP contribution in [0.5, 0.6) is 0 Å². The molecule has 2 aromatic rings. The minimum atomic E-state index is -0.140. The van der Waals surface area contributed by atoms with Crippen molar-refractivity contribution in [2.24, 2.45) is 0 Å². The maximum Gasteiger partial charge on any atom is 0.248 e. The van der Waals surface area contributed by atoms with Crippen LogP contribution in [0.25, 0.3) is 6.08 Å². The molecule has 3 heteroatoms. The van der Waals surface area contributed by atoms with E-state index in [0.717, 1.165) is 15.7 Å². The molecule has 0 radical (unpaired) electrons. The first-order chi connectivity index (χ1) is 9.13. The maximum absolute atomic E-state index is 11.8. The largest absolute Gasteiger partial charge is 0.322 e. The fourth-order valence-electron chi connectivity index (χ4n) is 1.60. The van der Waals surface area contributed by atoms with Crippen molar-refractivity contribution in [1.82, 2.24) is 0 Å². The van der Waals surface area contributed by atoms with Crippen molar-refractivity contribution in [3.63, 3.8) is 0 Å². The number of carbonyl (C=O) groups excluding carboxylic acids is 1. The molecule has 0 bridgehead atoms. The van der Waals surface area contributed by atoms with Crippen molar-refractivity contribution >= 4 is 33.6 Å². The summed E-state index contributed by atoms with van der Waals surface area (Å²) in [5, 5.41) is 2.81. The third kappa shape index (κ3) is 4.38. The lowest BCUT2D eigenvalue weighted by molar-refractivity contribution is -0.111. The van der Waals surface area contributed by atoms with Gasteiger partial charge in [0, 0.05) is 16.2 Å². The van der Waals surface area contributed by atoms with E-state index in [1.165, 1.54) is 11.6 Å². The number of rotatable bonds is 3. The van der Waals surface area contributed by atoms with E-state index in [-0.39, 0.29) is 5.91 Å². The lowest BCUT2D eigenvalue weighted by atomic mass is 10.1. The van der Waals surface area contributed by atoms with Gasteiger partial charge in [0.1, 0.15) is 0 Å². The molecule has 0 atom stereocenters. The Labute approximate surface area is 121 Å². The van der Waals surface area contributed by atoms with Gasteiger partial charge < -0.3 is 5.32 Å². The van der Waals surface area contributed by atoms with Crippen LogP contribution in [-0.4, -0.2) is 5.91 Å². The Bertz CT molecular complexity index is 602. The van der Waals surface area contributed by atoms with Gasteiger partial charge in [-0.15, -0.1) is 0 Å². The Hall–Kier alpha value is -1.87. The SMILES string of the molecule is Cc1ccc(C=CC(=O)Nc2cccc(Br)c2)cc1. The fraction of sp³-hybridized carbons (Fsp3) is 0.0625. The van der Waals surface area contributed by atoms with Crippen LogP contribution in [0.2, 0.25) is 0 Å². The van der Waals surface area contributed by atoms with E-state index < -0.39 is 0 Å². The molecule has 2 aromatic carbocycles. The number of hydrogen-bond acceptors (Lipinski definition) is 1. The molecule has 1 amide bonds. The first-order valence-electron chi connectivity index (χ1n) is 5.95. The maximum atomic E-state index is 11.8. The molecule has 1 N–H and O–H groups in total. The summed E-state index contributed by atoms with van der Waals surface area (Å²) < 4.78 is 0.938. The van der Waals surface area contributed by atoms with Crippen molar-refractivity contribution in [2.75, 3.05) is 5.32 Å². The fourth-order valence-corrected chi connectivity index (χ4v) is 2.00. The first-order valence-corrected chi connectivity index (χ1v) is 6.74. The van der Waals surface area contributed by atoms with Crippen LogP contribution >= 0.6 is 15.9 Å². The van der Waals surface area contributed by atoms with Crippen molar-refractivity contribution in [1.29, 1.82) is 0 Å². The Morgan fingerprint density at radius 3 is 2.58 bits per heavy atom. The van der Waals surface area contributed by atoms with Crippen LogP contribution in [0.1, 0.15) is 11.1 Å². The third-order valence-electron chi connectivity index (χ3n) is 2.60. The molecule has 0 unspecified atom stereocenters. The number of nitrogens with one attached hydrogen (secondary N) is 1. The molecule has 19 heavy (non-hydrogen) atoms. The van der Waals surface area contributed by atoms with Crippen molar-refractivity contribution in [3.05, 3.63) is 70.2 Å². The van der Waals surface area contributed by atoms with E-state index in [1.54, 1.807) is 6.08 Å². The molecule has 0 spiro atoms. The molecule has 0 heterocycles. The lowest BCUT2D eigenvalue weighted by Crippen LogP contribution is -2.07. The highest BCUT2D eigenvalue weighted by atomic mass is 79.9. The van der Waals surface area contributed by atoms with Crippen LogP contribution in [0, 0.1) is 6.92 Å². The molecule has 2 rings (SSSR count). The van der Waals surface area contributed by atoms with Gasteiger partial charge in [-0.2, -0.15) is 0 Å². The summed E-state index contributed by atoms with van der Waals surface area (Å²) in [4.78, 5) is 11.8. The van der Waals surface area contributed by atoms with Crippen LogP contribution in [0.4, 0.5) is 5.69 Å². The molecule has 2 nitrogen and oxygen atoms in total. The van der Waals surface area contributed by atoms with Gasteiger partial charge in [-0.3, -0.25) is 4.79 Å². The summed E-state index contributed by atoms with van der Waals surface area (Å²) in [5.74, 6) is -0.140. The molecular weight excluding hydrogens is 302 g/mol. The first kappa shape index (κ1) is 13.6. The molecule has 0 aliphatic heterocycles. The van der Waals surface area contributed by atoms with Crippen molar-refractivity contribution < 1.29 is 4.79 Å². The van der Waals surface area contributed by atoms with Gasteiger partial charge in [0.2, 0.25) is 5.91 Å². The highest BCUT2D eigenvalue weighted by Gasteiger charge is 1.98. The minimum Gasteiger partial charge on any atom is -0.322 e. The molecule has 0 aliphatic rings. The highest BCUT2D eigenvalue weighted by Crippen LogP contribution is 2.15. The van der Waals surface area contributed by atoms with Gasteiger partial charge in [0.15, 0.2) is 0 Å². The molecular formula is C16H14BrNO. The quantitative estimate of drug-likeness (QED) is 0.835. The molecule has 0 aromatic heterocycles. The molecule has 0 aliphatic carbocycles. The third-order valence-corrected chi connectivity index (χ3v) is 3.09. The van der Waals surface area contributed by atoms with E-state index in [0.29, 0.717) is 0 Å². The van der Waals surface area contributed by atoms with E-state index in [4.69, 9.17) is 0 Å². The van der Waals surface area contributed by atoms with Gasteiger partial charge >= 0.3 is 0 Å². The summed E-state index contributed by atoms with van der Waals surface area (Å²) in [6.07, 6.45) is 3.33. The van der Waals surface area contributed by atoms with Gasteiger partial charge in [-0.25, -0.2) is 0 Å². The Balaban J connectivity index is 1.99. The summed E-state index contributed by atoms with van der Waals surface area (Å²) >= 11 is 3.37. The zero-order valence-corrected chi connectivity index (χ0v) is 12.1. The number of anilines is 1. The molecule has 96 valence electrons. The van der Waals surface area contributed by atoms with Gasteiger partial charge in [-0.05, 0) is 36.8 Å².